The van der Waals surface area contributed by atoms with E-state index in [1.807, 2.05) is 24.3 Å². The predicted octanol–water partition coefficient (Wildman–Crippen LogP) is 1.61. The predicted molar refractivity (Wildman–Crippen MR) is 59.1 cm³/mol. The smallest absolute Gasteiger partial charge is 0.183 e. The first-order chi connectivity index (χ1) is 6.69. The zero-order chi connectivity index (χ0) is 10.6. The van der Waals surface area contributed by atoms with Gasteiger partial charge in [-0.15, -0.1) is 0 Å². The van der Waals surface area contributed by atoms with Gasteiger partial charge in [0, 0.05) is 25.3 Å². The van der Waals surface area contributed by atoms with Crippen LogP contribution in [-0.2, 0) is 9.47 Å². The van der Waals surface area contributed by atoms with Gasteiger partial charge in [-0.05, 0) is 6.07 Å². The molecule has 0 aromatic heterocycles. The molecule has 3 nitrogen and oxygen atoms in total. The average molecular weight is 211 g/mol. The standard InChI is InChI=1S/C10H13NO2S/c1-12-10(13-2)8-5-3-4-7(6-8)9(11)14/h3-6,10H,1-2H3,(H2,11,14). The Bertz CT molecular complexity index is 324. The summed E-state index contributed by atoms with van der Waals surface area (Å²) in [5, 5.41) is 0. The molecule has 0 aliphatic carbocycles. The summed E-state index contributed by atoms with van der Waals surface area (Å²) in [4.78, 5) is 0.373. The molecule has 0 spiro atoms. The molecular weight excluding hydrogens is 198 g/mol. The van der Waals surface area contributed by atoms with Crippen LogP contribution in [0.3, 0.4) is 0 Å². The Kier molecular flexibility index (Phi) is 4.00. The minimum absolute atomic E-state index is 0.371. The largest absolute Gasteiger partial charge is 0.389 e. The van der Waals surface area contributed by atoms with Gasteiger partial charge < -0.3 is 15.2 Å². The molecule has 0 amide bonds. The Hall–Kier alpha value is -0.970. The van der Waals surface area contributed by atoms with E-state index in [-0.39, 0.29) is 6.29 Å². The van der Waals surface area contributed by atoms with Crippen molar-refractivity contribution in [2.24, 2.45) is 5.73 Å². The number of rotatable bonds is 4. The zero-order valence-electron chi connectivity index (χ0n) is 8.19. The van der Waals surface area contributed by atoms with Gasteiger partial charge in [0.1, 0.15) is 4.99 Å². The van der Waals surface area contributed by atoms with E-state index < -0.39 is 0 Å². The van der Waals surface area contributed by atoms with Crippen molar-refractivity contribution in [3.63, 3.8) is 0 Å². The van der Waals surface area contributed by atoms with Crippen LogP contribution in [0.2, 0.25) is 0 Å². The van der Waals surface area contributed by atoms with Crippen LogP contribution in [0.5, 0.6) is 0 Å². The molecule has 0 aliphatic rings. The maximum Gasteiger partial charge on any atom is 0.183 e. The summed E-state index contributed by atoms with van der Waals surface area (Å²) in [7, 11) is 3.17. The van der Waals surface area contributed by atoms with Gasteiger partial charge in [-0.2, -0.15) is 0 Å². The highest BCUT2D eigenvalue weighted by Gasteiger charge is 2.09. The van der Waals surface area contributed by atoms with Crippen LogP contribution < -0.4 is 5.73 Å². The number of nitrogens with two attached hydrogens (primary N) is 1. The van der Waals surface area contributed by atoms with Gasteiger partial charge in [0.25, 0.3) is 0 Å². The van der Waals surface area contributed by atoms with Gasteiger partial charge in [0.15, 0.2) is 6.29 Å². The summed E-state index contributed by atoms with van der Waals surface area (Å²) in [6.07, 6.45) is -0.371. The van der Waals surface area contributed by atoms with Crippen molar-refractivity contribution in [1.82, 2.24) is 0 Å². The van der Waals surface area contributed by atoms with E-state index in [1.54, 1.807) is 14.2 Å². The summed E-state index contributed by atoms with van der Waals surface area (Å²) in [5.41, 5.74) is 7.23. The fraction of sp³-hybridized carbons (Fsp3) is 0.300. The molecule has 0 aliphatic heterocycles. The summed E-state index contributed by atoms with van der Waals surface area (Å²) in [5.74, 6) is 0. The molecular formula is C10H13NO2S. The van der Waals surface area contributed by atoms with Crippen molar-refractivity contribution >= 4 is 17.2 Å². The van der Waals surface area contributed by atoms with E-state index in [4.69, 9.17) is 27.4 Å². The Labute approximate surface area is 88.8 Å². The fourth-order valence-corrected chi connectivity index (χ4v) is 1.33. The van der Waals surface area contributed by atoms with Crippen LogP contribution in [0.1, 0.15) is 17.4 Å². The molecule has 0 heterocycles. The van der Waals surface area contributed by atoms with Crippen LogP contribution in [0.25, 0.3) is 0 Å². The number of hydrogen-bond donors (Lipinski definition) is 1. The molecule has 14 heavy (non-hydrogen) atoms. The summed E-state index contributed by atoms with van der Waals surface area (Å²) in [6, 6.07) is 7.49. The minimum Gasteiger partial charge on any atom is -0.389 e. The molecule has 0 bridgehead atoms. The van der Waals surface area contributed by atoms with Crippen molar-refractivity contribution < 1.29 is 9.47 Å². The van der Waals surface area contributed by atoms with Crippen LogP contribution in [-0.4, -0.2) is 19.2 Å². The second kappa shape index (κ2) is 5.05. The Morgan fingerprint density at radius 3 is 2.50 bits per heavy atom. The molecule has 1 aromatic rings. The molecule has 0 unspecified atom stereocenters. The number of benzene rings is 1. The van der Waals surface area contributed by atoms with E-state index in [0.717, 1.165) is 11.1 Å². The third-order valence-electron chi connectivity index (χ3n) is 1.87. The summed E-state index contributed by atoms with van der Waals surface area (Å²) >= 11 is 4.88. The quantitative estimate of drug-likeness (QED) is 0.607. The van der Waals surface area contributed by atoms with Gasteiger partial charge in [0.05, 0.1) is 0 Å². The highest BCUT2D eigenvalue weighted by Crippen LogP contribution is 2.18. The van der Waals surface area contributed by atoms with Crippen molar-refractivity contribution in [2.75, 3.05) is 14.2 Å². The zero-order valence-corrected chi connectivity index (χ0v) is 9.01. The van der Waals surface area contributed by atoms with Crippen LogP contribution in [0.4, 0.5) is 0 Å². The molecule has 0 fully saturated rings. The SMILES string of the molecule is COC(OC)c1cccc(C(N)=S)c1. The van der Waals surface area contributed by atoms with Crippen LogP contribution in [0.15, 0.2) is 24.3 Å². The van der Waals surface area contributed by atoms with Crippen molar-refractivity contribution in [2.45, 2.75) is 6.29 Å². The first-order valence-corrected chi connectivity index (χ1v) is 4.55. The highest BCUT2D eigenvalue weighted by atomic mass is 32.1. The van der Waals surface area contributed by atoms with Crippen molar-refractivity contribution in [1.29, 1.82) is 0 Å². The van der Waals surface area contributed by atoms with E-state index in [2.05, 4.69) is 0 Å². The van der Waals surface area contributed by atoms with Crippen LogP contribution >= 0.6 is 12.2 Å². The second-order valence-electron chi connectivity index (χ2n) is 2.79. The monoisotopic (exact) mass is 211 g/mol. The third-order valence-corrected chi connectivity index (χ3v) is 2.11. The third kappa shape index (κ3) is 2.51. The van der Waals surface area contributed by atoms with E-state index in [0.29, 0.717) is 4.99 Å². The fourth-order valence-electron chi connectivity index (χ4n) is 1.21. The van der Waals surface area contributed by atoms with Crippen molar-refractivity contribution in [3.05, 3.63) is 35.4 Å². The molecule has 0 radical (unpaired) electrons. The van der Waals surface area contributed by atoms with Gasteiger partial charge in [-0.25, -0.2) is 0 Å². The maximum absolute atomic E-state index is 5.52. The van der Waals surface area contributed by atoms with Gasteiger partial charge in [-0.3, -0.25) is 0 Å². The Morgan fingerprint density at radius 1 is 1.36 bits per heavy atom. The number of thiocarbonyl (C=S) groups is 1. The lowest BCUT2D eigenvalue weighted by Crippen LogP contribution is -2.11. The topological polar surface area (TPSA) is 44.5 Å². The van der Waals surface area contributed by atoms with Crippen molar-refractivity contribution in [3.8, 4) is 0 Å². The first-order valence-electron chi connectivity index (χ1n) is 4.14. The van der Waals surface area contributed by atoms with Gasteiger partial charge >= 0.3 is 0 Å². The van der Waals surface area contributed by atoms with Gasteiger partial charge in [-0.1, -0.05) is 30.4 Å². The second-order valence-corrected chi connectivity index (χ2v) is 3.23. The highest BCUT2D eigenvalue weighted by molar-refractivity contribution is 7.80. The van der Waals surface area contributed by atoms with Gasteiger partial charge in [0.2, 0.25) is 0 Å². The molecule has 1 aromatic carbocycles. The molecule has 0 saturated heterocycles. The molecule has 0 saturated carbocycles. The summed E-state index contributed by atoms with van der Waals surface area (Å²) in [6.45, 7) is 0. The molecule has 4 heteroatoms. The molecule has 76 valence electrons. The number of methoxy groups -OCH3 is 2. The van der Waals surface area contributed by atoms with E-state index in [1.165, 1.54) is 0 Å². The minimum atomic E-state index is -0.371. The van der Waals surface area contributed by atoms with Crippen LogP contribution in [0, 0.1) is 0 Å². The molecule has 1 rings (SSSR count). The normalized spacial score (nSPS) is 10.5. The lowest BCUT2D eigenvalue weighted by Gasteiger charge is -2.14. The Balaban J connectivity index is 2.98. The summed E-state index contributed by atoms with van der Waals surface area (Å²) < 4.78 is 10.2. The average Bonchev–Trinajstić information content (AvgIpc) is 2.20. The maximum atomic E-state index is 5.52. The lowest BCUT2D eigenvalue weighted by atomic mass is 10.1. The van der Waals surface area contributed by atoms with E-state index >= 15 is 0 Å². The molecule has 2 N–H and O–H groups in total. The lowest BCUT2D eigenvalue weighted by molar-refractivity contribution is -0.106. The molecule has 0 atom stereocenters. The Morgan fingerprint density at radius 2 is 2.00 bits per heavy atom. The number of ether oxygens (including phenoxy) is 2. The first kappa shape index (κ1) is 11.1. The number of hydrogen-bond acceptors (Lipinski definition) is 3. The van der Waals surface area contributed by atoms with E-state index in [9.17, 15) is 0 Å².